The molecular formula is C24H27N3O2. The largest absolute Gasteiger partial charge is 0.325 e. The van der Waals surface area contributed by atoms with Gasteiger partial charge in [-0.25, -0.2) is 0 Å². The van der Waals surface area contributed by atoms with Gasteiger partial charge in [0.15, 0.2) is 0 Å². The van der Waals surface area contributed by atoms with E-state index in [0.29, 0.717) is 0 Å². The molecule has 3 aromatic carbocycles. The van der Waals surface area contributed by atoms with E-state index in [4.69, 9.17) is 0 Å². The minimum atomic E-state index is -0.450. The number of benzene rings is 3. The van der Waals surface area contributed by atoms with E-state index in [2.05, 4.69) is 17.6 Å². The van der Waals surface area contributed by atoms with Gasteiger partial charge in [-0.1, -0.05) is 55.5 Å². The predicted octanol–water partition coefficient (Wildman–Crippen LogP) is 4.30. The van der Waals surface area contributed by atoms with E-state index < -0.39 is 6.04 Å². The Labute approximate surface area is 171 Å². The fourth-order valence-electron chi connectivity index (χ4n) is 3.22. The van der Waals surface area contributed by atoms with Crippen molar-refractivity contribution in [1.82, 2.24) is 4.90 Å². The highest BCUT2D eigenvalue weighted by Crippen LogP contribution is 2.19. The summed E-state index contributed by atoms with van der Waals surface area (Å²) in [6, 6.07) is 21.1. The number of hydrogen-bond donors (Lipinski definition) is 2. The number of aryl methyl sites for hydroxylation is 1. The number of likely N-dealkylation sites (N-methyl/N-ethyl adjacent to an activating group) is 1. The summed E-state index contributed by atoms with van der Waals surface area (Å²) < 4.78 is 0. The minimum Gasteiger partial charge on any atom is -0.325 e. The Morgan fingerprint density at radius 2 is 1.62 bits per heavy atom. The van der Waals surface area contributed by atoms with Crippen molar-refractivity contribution in [2.24, 2.45) is 0 Å². The van der Waals surface area contributed by atoms with Crippen molar-refractivity contribution in [3.05, 3.63) is 72.3 Å². The van der Waals surface area contributed by atoms with Gasteiger partial charge in [0.2, 0.25) is 11.8 Å². The van der Waals surface area contributed by atoms with Gasteiger partial charge in [-0.3, -0.25) is 14.5 Å². The predicted molar refractivity (Wildman–Crippen MR) is 119 cm³/mol. The van der Waals surface area contributed by atoms with Crippen molar-refractivity contribution in [2.75, 3.05) is 24.2 Å². The molecule has 0 saturated carbocycles. The van der Waals surface area contributed by atoms with E-state index in [1.165, 1.54) is 0 Å². The summed E-state index contributed by atoms with van der Waals surface area (Å²) in [5, 5.41) is 8.08. The van der Waals surface area contributed by atoms with Crippen molar-refractivity contribution < 1.29 is 9.59 Å². The molecule has 0 unspecified atom stereocenters. The fourth-order valence-corrected chi connectivity index (χ4v) is 3.22. The second-order valence-electron chi connectivity index (χ2n) is 7.20. The Bertz CT molecular complexity index is 1020. The zero-order chi connectivity index (χ0) is 20.8. The van der Waals surface area contributed by atoms with Crippen LogP contribution in [0.15, 0.2) is 66.7 Å². The molecule has 3 rings (SSSR count). The third-order valence-corrected chi connectivity index (χ3v) is 5.12. The highest BCUT2D eigenvalue weighted by Gasteiger charge is 2.20. The summed E-state index contributed by atoms with van der Waals surface area (Å²) >= 11 is 0. The Hall–Kier alpha value is -3.18. The summed E-state index contributed by atoms with van der Waals surface area (Å²) in [6.45, 7) is 3.98. The van der Waals surface area contributed by atoms with Crippen LogP contribution in [0.2, 0.25) is 0 Å². The molecule has 0 aliphatic carbocycles. The minimum absolute atomic E-state index is 0.129. The van der Waals surface area contributed by atoms with Crippen LogP contribution < -0.4 is 10.6 Å². The maximum Gasteiger partial charge on any atom is 0.241 e. The Morgan fingerprint density at radius 3 is 2.38 bits per heavy atom. The Kier molecular flexibility index (Phi) is 6.62. The number of hydrogen-bond acceptors (Lipinski definition) is 3. The normalized spacial score (nSPS) is 12.0. The van der Waals surface area contributed by atoms with Crippen LogP contribution >= 0.6 is 0 Å². The maximum atomic E-state index is 12.6. The lowest BCUT2D eigenvalue weighted by molar-refractivity contribution is -0.122. The van der Waals surface area contributed by atoms with Gasteiger partial charge >= 0.3 is 0 Å². The molecule has 0 heterocycles. The number of nitrogens with one attached hydrogen (secondary N) is 2. The number of carbonyl (C=O) groups is 2. The summed E-state index contributed by atoms with van der Waals surface area (Å²) in [7, 11) is 1.77. The number of rotatable bonds is 7. The van der Waals surface area contributed by atoms with Crippen molar-refractivity contribution in [2.45, 2.75) is 26.3 Å². The second kappa shape index (κ2) is 9.34. The Morgan fingerprint density at radius 1 is 0.931 bits per heavy atom. The third kappa shape index (κ3) is 5.21. The lowest BCUT2D eigenvalue weighted by atomic mass is 10.1. The molecule has 0 aliphatic heterocycles. The molecule has 5 nitrogen and oxygen atoms in total. The summed E-state index contributed by atoms with van der Waals surface area (Å²) in [6.07, 6.45) is 0.844. The number of nitrogens with zero attached hydrogens (tertiary/aromatic N) is 1. The molecule has 0 bridgehead atoms. The van der Waals surface area contributed by atoms with Gasteiger partial charge in [0.05, 0.1) is 12.6 Å². The van der Waals surface area contributed by atoms with Gasteiger partial charge in [0.1, 0.15) is 0 Å². The van der Waals surface area contributed by atoms with Crippen LogP contribution in [-0.4, -0.2) is 36.3 Å². The number of amides is 2. The summed E-state index contributed by atoms with van der Waals surface area (Å²) in [5.41, 5.74) is 2.66. The van der Waals surface area contributed by atoms with Gasteiger partial charge in [-0.15, -0.1) is 0 Å². The van der Waals surface area contributed by atoms with E-state index in [1.807, 2.05) is 66.7 Å². The molecule has 5 heteroatoms. The van der Waals surface area contributed by atoms with E-state index in [1.54, 1.807) is 18.9 Å². The van der Waals surface area contributed by atoms with Crippen molar-refractivity contribution in [3.63, 3.8) is 0 Å². The van der Waals surface area contributed by atoms with Crippen LogP contribution in [0.4, 0.5) is 11.4 Å². The molecule has 3 aromatic rings. The number of fused-ring (bicyclic) bond motifs is 1. The molecule has 0 saturated heterocycles. The lowest BCUT2D eigenvalue weighted by Crippen LogP contribution is -2.43. The van der Waals surface area contributed by atoms with Gasteiger partial charge < -0.3 is 10.6 Å². The lowest BCUT2D eigenvalue weighted by Gasteiger charge is -2.23. The summed E-state index contributed by atoms with van der Waals surface area (Å²) in [5.74, 6) is -0.289. The molecule has 2 N–H and O–H groups in total. The van der Waals surface area contributed by atoms with Crippen molar-refractivity contribution in [1.29, 1.82) is 0 Å². The topological polar surface area (TPSA) is 61.4 Å². The van der Waals surface area contributed by atoms with Crippen LogP contribution in [-0.2, 0) is 16.0 Å². The first-order valence-corrected chi connectivity index (χ1v) is 9.85. The quantitative estimate of drug-likeness (QED) is 0.633. The van der Waals surface area contributed by atoms with E-state index in [0.717, 1.165) is 34.1 Å². The first-order chi connectivity index (χ1) is 14.0. The third-order valence-electron chi connectivity index (χ3n) is 5.12. The zero-order valence-corrected chi connectivity index (χ0v) is 17.1. The average Bonchev–Trinajstić information content (AvgIpc) is 2.73. The fraction of sp³-hybridized carbons (Fsp3) is 0.250. The first kappa shape index (κ1) is 20.6. The van der Waals surface area contributed by atoms with E-state index in [-0.39, 0.29) is 18.4 Å². The van der Waals surface area contributed by atoms with Crippen molar-refractivity contribution in [3.8, 4) is 0 Å². The van der Waals surface area contributed by atoms with Crippen LogP contribution in [0.25, 0.3) is 10.8 Å². The first-order valence-electron chi connectivity index (χ1n) is 9.85. The molecule has 150 valence electrons. The monoisotopic (exact) mass is 389 g/mol. The van der Waals surface area contributed by atoms with Gasteiger partial charge in [-0.05, 0) is 54.9 Å². The molecule has 0 aromatic heterocycles. The average molecular weight is 389 g/mol. The highest BCUT2D eigenvalue weighted by molar-refractivity contribution is 5.98. The van der Waals surface area contributed by atoms with Crippen LogP contribution in [0.1, 0.15) is 19.4 Å². The number of carbonyl (C=O) groups excluding carboxylic acids is 2. The number of anilines is 2. The van der Waals surface area contributed by atoms with Gasteiger partial charge in [0, 0.05) is 11.4 Å². The van der Waals surface area contributed by atoms with E-state index in [9.17, 15) is 9.59 Å². The second-order valence-corrected chi connectivity index (χ2v) is 7.20. The molecule has 0 aliphatic rings. The standard InChI is InChI=1S/C24H27N3O2/c1-4-18-9-7-8-12-22(18)26-23(28)16-27(3)17(2)24(29)25-21-14-13-19-10-5-6-11-20(19)15-21/h5-15,17H,4,16H2,1-3H3,(H,25,29)(H,26,28)/t17-/m1/s1. The maximum absolute atomic E-state index is 12.6. The van der Waals surface area contributed by atoms with Crippen molar-refractivity contribution >= 4 is 34.0 Å². The summed E-state index contributed by atoms with van der Waals surface area (Å²) in [4.78, 5) is 26.8. The molecule has 0 fully saturated rings. The zero-order valence-electron chi connectivity index (χ0n) is 17.1. The van der Waals surface area contributed by atoms with Crippen LogP contribution in [0, 0.1) is 0 Å². The Balaban J connectivity index is 1.58. The molecule has 1 atom stereocenters. The SMILES string of the molecule is CCc1ccccc1NC(=O)CN(C)[C@H](C)C(=O)Nc1ccc2ccccc2c1. The van der Waals surface area contributed by atoms with Gasteiger partial charge in [0.25, 0.3) is 0 Å². The molecule has 2 amide bonds. The molecular weight excluding hydrogens is 362 g/mol. The number of para-hydroxylation sites is 1. The van der Waals surface area contributed by atoms with Crippen LogP contribution in [0.5, 0.6) is 0 Å². The van der Waals surface area contributed by atoms with E-state index >= 15 is 0 Å². The van der Waals surface area contributed by atoms with Gasteiger partial charge in [-0.2, -0.15) is 0 Å². The molecule has 0 spiro atoms. The highest BCUT2D eigenvalue weighted by atomic mass is 16.2. The van der Waals surface area contributed by atoms with Crippen LogP contribution in [0.3, 0.4) is 0 Å². The smallest absolute Gasteiger partial charge is 0.241 e. The molecule has 29 heavy (non-hydrogen) atoms. The molecule has 0 radical (unpaired) electrons.